The monoisotopic (exact) mass is 420 g/mol. The van der Waals surface area contributed by atoms with Gasteiger partial charge in [-0.15, -0.1) is 16.4 Å². The molecule has 0 bridgehead atoms. The van der Waals surface area contributed by atoms with Gasteiger partial charge in [0.1, 0.15) is 5.75 Å². The number of aromatic nitrogens is 3. The van der Waals surface area contributed by atoms with E-state index in [0.29, 0.717) is 29.0 Å². The predicted octanol–water partition coefficient (Wildman–Crippen LogP) is 4.66. The molecule has 1 amide bonds. The van der Waals surface area contributed by atoms with Gasteiger partial charge in [-0.05, 0) is 54.8 Å². The fourth-order valence-corrected chi connectivity index (χ4v) is 3.52. The van der Waals surface area contributed by atoms with E-state index in [1.807, 2.05) is 66.9 Å². The van der Waals surface area contributed by atoms with Gasteiger partial charge in [-0.25, -0.2) is 4.68 Å². The number of hydrogen-bond acceptors (Lipinski definition) is 6. The molecule has 0 spiro atoms. The van der Waals surface area contributed by atoms with Crippen LogP contribution in [-0.4, -0.2) is 34.4 Å². The molecule has 0 fully saturated rings. The zero-order valence-corrected chi connectivity index (χ0v) is 17.3. The third kappa shape index (κ3) is 4.18. The Morgan fingerprint density at radius 2 is 1.97 bits per heavy atom. The number of hydrogen-bond donors (Lipinski definition) is 1. The number of ether oxygens (including phenoxy) is 2. The van der Waals surface area contributed by atoms with Crippen molar-refractivity contribution in [2.75, 3.05) is 19.0 Å². The summed E-state index contributed by atoms with van der Waals surface area (Å²) >= 11 is 1.40. The van der Waals surface area contributed by atoms with Gasteiger partial charge in [0.2, 0.25) is 0 Å². The van der Waals surface area contributed by atoms with E-state index in [9.17, 15) is 4.79 Å². The van der Waals surface area contributed by atoms with E-state index in [4.69, 9.17) is 9.47 Å². The highest BCUT2D eigenvalue weighted by atomic mass is 32.1. The second-order valence-electron chi connectivity index (χ2n) is 6.27. The minimum absolute atomic E-state index is 0.130. The third-order valence-electron chi connectivity index (χ3n) is 4.30. The summed E-state index contributed by atoms with van der Waals surface area (Å²) in [6.45, 7) is 2.35. The van der Waals surface area contributed by atoms with Gasteiger partial charge < -0.3 is 14.8 Å². The molecular weight excluding hydrogens is 400 g/mol. The molecule has 0 saturated carbocycles. The maximum atomic E-state index is 12.2. The van der Waals surface area contributed by atoms with E-state index in [-0.39, 0.29) is 5.91 Å². The van der Waals surface area contributed by atoms with Crippen molar-refractivity contribution >= 4 is 22.9 Å². The first kappa shape index (κ1) is 19.7. The van der Waals surface area contributed by atoms with Crippen LogP contribution in [0.1, 0.15) is 16.6 Å². The Bertz CT molecular complexity index is 1140. The fraction of sp³-hybridized carbons (Fsp3) is 0.136. The number of nitrogens with zero attached hydrogens (tertiary/aromatic N) is 3. The lowest BCUT2D eigenvalue weighted by Gasteiger charge is -2.09. The average Bonchev–Trinajstić information content (AvgIpc) is 3.45. The summed E-state index contributed by atoms with van der Waals surface area (Å²) in [5.74, 6) is 1.23. The van der Waals surface area contributed by atoms with Crippen LogP contribution in [-0.2, 0) is 0 Å². The zero-order valence-electron chi connectivity index (χ0n) is 16.5. The Hall–Kier alpha value is -3.65. The van der Waals surface area contributed by atoms with Crippen LogP contribution < -0.4 is 14.8 Å². The normalized spacial score (nSPS) is 10.6. The molecular formula is C22H20N4O3S. The van der Waals surface area contributed by atoms with Gasteiger partial charge in [-0.2, -0.15) is 4.98 Å². The van der Waals surface area contributed by atoms with E-state index < -0.39 is 0 Å². The fourth-order valence-electron chi connectivity index (χ4n) is 2.90. The molecule has 30 heavy (non-hydrogen) atoms. The SMILES string of the molecule is CCOc1nc(-c2cccc(OC)c2)n(-c2ccc(NC(=O)c3cccs3)cc2)n1. The lowest BCUT2D eigenvalue weighted by molar-refractivity contribution is 0.103. The molecule has 4 aromatic rings. The summed E-state index contributed by atoms with van der Waals surface area (Å²) in [6, 6.07) is 19.0. The zero-order chi connectivity index (χ0) is 20.9. The van der Waals surface area contributed by atoms with Crippen LogP contribution in [0, 0.1) is 0 Å². The van der Waals surface area contributed by atoms with Crippen molar-refractivity contribution in [1.82, 2.24) is 14.8 Å². The van der Waals surface area contributed by atoms with Gasteiger partial charge in [0.25, 0.3) is 5.91 Å². The molecule has 2 aromatic carbocycles. The Morgan fingerprint density at radius 3 is 2.67 bits per heavy atom. The number of rotatable bonds is 7. The molecule has 2 heterocycles. The number of carbonyl (C=O) groups is 1. The molecule has 152 valence electrons. The molecule has 0 atom stereocenters. The van der Waals surface area contributed by atoms with Crippen molar-refractivity contribution in [3.8, 4) is 28.8 Å². The molecule has 1 N–H and O–H groups in total. The van der Waals surface area contributed by atoms with Crippen molar-refractivity contribution < 1.29 is 14.3 Å². The molecule has 0 aliphatic heterocycles. The van der Waals surface area contributed by atoms with Crippen LogP contribution >= 0.6 is 11.3 Å². The van der Waals surface area contributed by atoms with Crippen molar-refractivity contribution in [2.24, 2.45) is 0 Å². The smallest absolute Gasteiger partial charge is 0.336 e. The van der Waals surface area contributed by atoms with Crippen LogP contribution in [0.2, 0.25) is 0 Å². The molecule has 8 heteroatoms. The number of nitrogens with one attached hydrogen (secondary N) is 1. The summed E-state index contributed by atoms with van der Waals surface area (Å²) < 4.78 is 12.6. The van der Waals surface area contributed by atoms with Gasteiger partial charge in [0.15, 0.2) is 5.82 Å². The lowest BCUT2D eigenvalue weighted by atomic mass is 10.2. The van der Waals surface area contributed by atoms with E-state index >= 15 is 0 Å². The molecule has 2 aromatic heterocycles. The first-order valence-corrected chi connectivity index (χ1v) is 10.3. The van der Waals surface area contributed by atoms with Crippen LogP contribution in [0.3, 0.4) is 0 Å². The van der Waals surface area contributed by atoms with Gasteiger partial charge in [-0.3, -0.25) is 4.79 Å². The summed E-state index contributed by atoms with van der Waals surface area (Å²) in [4.78, 5) is 17.4. The minimum atomic E-state index is -0.130. The van der Waals surface area contributed by atoms with Crippen molar-refractivity contribution in [1.29, 1.82) is 0 Å². The maximum absolute atomic E-state index is 12.2. The van der Waals surface area contributed by atoms with Crippen LogP contribution in [0.5, 0.6) is 11.8 Å². The second kappa shape index (κ2) is 8.79. The summed E-state index contributed by atoms with van der Waals surface area (Å²) in [5.41, 5.74) is 2.34. The van der Waals surface area contributed by atoms with Gasteiger partial charge in [0, 0.05) is 11.3 Å². The largest absolute Gasteiger partial charge is 0.497 e. The average molecular weight is 420 g/mol. The molecule has 0 saturated heterocycles. The quantitative estimate of drug-likeness (QED) is 0.471. The third-order valence-corrected chi connectivity index (χ3v) is 5.17. The van der Waals surface area contributed by atoms with Gasteiger partial charge in [0.05, 0.1) is 24.3 Å². The van der Waals surface area contributed by atoms with Crippen molar-refractivity contribution in [2.45, 2.75) is 6.92 Å². The Balaban J connectivity index is 1.64. The second-order valence-corrected chi connectivity index (χ2v) is 7.22. The number of thiophene rings is 1. The highest BCUT2D eigenvalue weighted by Gasteiger charge is 2.15. The summed E-state index contributed by atoms with van der Waals surface area (Å²) in [5, 5.41) is 9.26. The Kier molecular flexibility index (Phi) is 5.76. The number of carbonyl (C=O) groups excluding carboxylic acids is 1. The number of amides is 1. The summed E-state index contributed by atoms with van der Waals surface area (Å²) in [6.07, 6.45) is 0. The van der Waals surface area contributed by atoms with E-state index in [0.717, 1.165) is 17.0 Å². The first-order chi connectivity index (χ1) is 14.7. The Morgan fingerprint density at radius 1 is 1.13 bits per heavy atom. The van der Waals surface area contributed by atoms with Gasteiger partial charge in [-0.1, -0.05) is 18.2 Å². The molecule has 4 rings (SSSR count). The van der Waals surface area contributed by atoms with Crippen LogP contribution in [0.15, 0.2) is 66.0 Å². The van der Waals surface area contributed by atoms with E-state index in [2.05, 4.69) is 15.4 Å². The molecule has 7 nitrogen and oxygen atoms in total. The highest BCUT2D eigenvalue weighted by Crippen LogP contribution is 2.27. The number of methoxy groups -OCH3 is 1. The highest BCUT2D eigenvalue weighted by molar-refractivity contribution is 7.12. The molecule has 0 unspecified atom stereocenters. The van der Waals surface area contributed by atoms with E-state index in [1.165, 1.54) is 11.3 Å². The first-order valence-electron chi connectivity index (χ1n) is 9.37. The van der Waals surface area contributed by atoms with Crippen LogP contribution in [0.4, 0.5) is 5.69 Å². The lowest BCUT2D eigenvalue weighted by Crippen LogP contribution is -2.10. The number of benzene rings is 2. The minimum Gasteiger partial charge on any atom is -0.497 e. The van der Waals surface area contributed by atoms with Crippen molar-refractivity contribution in [3.63, 3.8) is 0 Å². The standard InChI is InChI=1S/C22H20N4O3S/c1-3-29-22-24-20(15-6-4-7-18(14-15)28-2)26(25-22)17-11-9-16(10-12-17)23-21(27)19-8-5-13-30-19/h4-14H,3H2,1-2H3,(H,23,27). The maximum Gasteiger partial charge on any atom is 0.336 e. The molecule has 0 radical (unpaired) electrons. The Labute approximate surface area is 177 Å². The van der Waals surface area contributed by atoms with Gasteiger partial charge >= 0.3 is 6.01 Å². The van der Waals surface area contributed by atoms with Crippen molar-refractivity contribution in [3.05, 3.63) is 70.9 Å². The molecule has 0 aliphatic rings. The van der Waals surface area contributed by atoms with E-state index in [1.54, 1.807) is 17.9 Å². The summed E-state index contributed by atoms with van der Waals surface area (Å²) in [7, 11) is 1.62. The number of anilines is 1. The predicted molar refractivity (Wildman–Crippen MR) is 117 cm³/mol. The van der Waals surface area contributed by atoms with Crippen LogP contribution in [0.25, 0.3) is 17.1 Å². The molecule has 0 aliphatic carbocycles. The topological polar surface area (TPSA) is 78.3 Å².